The Hall–Kier alpha value is -1.78. The first-order chi connectivity index (χ1) is 10.1. The molecule has 0 amide bonds. The van der Waals surface area contributed by atoms with Crippen molar-refractivity contribution in [2.75, 3.05) is 24.2 Å². The molecule has 0 spiro atoms. The number of hydrogen-bond acceptors (Lipinski definition) is 5. The molecule has 1 saturated carbocycles. The highest BCUT2D eigenvalue weighted by molar-refractivity contribution is 5.95. The summed E-state index contributed by atoms with van der Waals surface area (Å²) in [6.07, 6.45) is 6.64. The number of carbonyl (C=O) groups excluding carboxylic acids is 1. The quantitative estimate of drug-likeness (QED) is 0.815. The van der Waals surface area contributed by atoms with Gasteiger partial charge < -0.3 is 15.8 Å². The second kappa shape index (κ2) is 7.29. The Morgan fingerprint density at radius 1 is 1.52 bits per heavy atom. The van der Waals surface area contributed by atoms with Gasteiger partial charge in [0.1, 0.15) is 11.4 Å². The van der Waals surface area contributed by atoms with Crippen LogP contribution in [0.15, 0.2) is 12.3 Å². The van der Waals surface area contributed by atoms with Crippen molar-refractivity contribution in [1.29, 1.82) is 0 Å². The topological polar surface area (TPSA) is 77.2 Å². The Morgan fingerprint density at radius 3 is 3.05 bits per heavy atom. The van der Waals surface area contributed by atoms with Crippen LogP contribution in [0.1, 0.15) is 49.9 Å². The molecule has 1 aliphatic rings. The van der Waals surface area contributed by atoms with E-state index in [9.17, 15) is 4.79 Å². The monoisotopic (exact) mass is 291 g/mol. The smallest absolute Gasteiger partial charge is 0.341 e. The molecule has 5 heteroatoms. The molecule has 2 unspecified atom stereocenters. The van der Waals surface area contributed by atoms with Gasteiger partial charge in [-0.15, -0.1) is 0 Å². The summed E-state index contributed by atoms with van der Waals surface area (Å²) in [7, 11) is 0. The van der Waals surface area contributed by atoms with E-state index in [0.29, 0.717) is 29.6 Å². The minimum Gasteiger partial charge on any atom is -0.462 e. The third-order valence-electron chi connectivity index (χ3n) is 4.01. The predicted molar refractivity (Wildman–Crippen MR) is 84.2 cm³/mol. The lowest BCUT2D eigenvalue weighted by molar-refractivity contribution is 0.0527. The minimum absolute atomic E-state index is 0.340. The molecule has 1 aliphatic carbocycles. The van der Waals surface area contributed by atoms with Crippen LogP contribution in [0.2, 0.25) is 0 Å². The summed E-state index contributed by atoms with van der Waals surface area (Å²) in [6, 6.07) is 1.62. The lowest BCUT2D eigenvalue weighted by Gasteiger charge is -2.27. The fourth-order valence-corrected chi connectivity index (χ4v) is 2.97. The molecule has 5 nitrogen and oxygen atoms in total. The molecule has 1 fully saturated rings. The highest BCUT2D eigenvalue weighted by Gasteiger charge is 2.20. The van der Waals surface area contributed by atoms with Crippen molar-refractivity contribution >= 4 is 17.5 Å². The van der Waals surface area contributed by atoms with Gasteiger partial charge in [0, 0.05) is 6.54 Å². The van der Waals surface area contributed by atoms with Crippen LogP contribution in [0.25, 0.3) is 0 Å². The molecule has 0 aromatic carbocycles. The van der Waals surface area contributed by atoms with Gasteiger partial charge in [0.2, 0.25) is 0 Å². The fraction of sp³-hybridized carbons (Fsp3) is 0.625. The van der Waals surface area contributed by atoms with Crippen molar-refractivity contribution in [1.82, 2.24) is 4.98 Å². The van der Waals surface area contributed by atoms with E-state index in [2.05, 4.69) is 17.2 Å². The molecule has 116 valence electrons. The average Bonchev–Trinajstić information content (AvgIpc) is 2.46. The Kier molecular flexibility index (Phi) is 5.42. The molecule has 1 heterocycles. The SMILES string of the molecule is CCOC(=O)c1cc(N)cnc1NCC1CCCC(C)C1. The summed E-state index contributed by atoms with van der Waals surface area (Å²) in [5, 5.41) is 3.30. The number of nitrogen functional groups attached to an aromatic ring is 1. The van der Waals surface area contributed by atoms with E-state index in [1.165, 1.54) is 25.7 Å². The standard InChI is InChI=1S/C16H25N3O2/c1-3-21-16(20)14-8-13(17)10-19-15(14)18-9-12-6-4-5-11(2)7-12/h8,10-12H,3-7,9,17H2,1-2H3,(H,18,19). The van der Waals surface area contributed by atoms with E-state index in [1.807, 2.05) is 0 Å². The van der Waals surface area contributed by atoms with Crippen LogP contribution in [-0.4, -0.2) is 24.1 Å². The predicted octanol–water partition coefficient (Wildman–Crippen LogP) is 3.08. The highest BCUT2D eigenvalue weighted by atomic mass is 16.5. The molecule has 2 rings (SSSR count). The summed E-state index contributed by atoms with van der Waals surface area (Å²) >= 11 is 0. The average molecular weight is 291 g/mol. The molecule has 3 N–H and O–H groups in total. The minimum atomic E-state index is -0.378. The van der Waals surface area contributed by atoms with Crippen molar-refractivity contribution in [2.45, 2.75) is 39.5 Å². The van der Waals surface area contributed by atoms with Gasteiger partial charge in [0.15, 0.2) is 0 Å². The van der Waals surface area contributed by atoms with Crippen LogP contribution in [0.5, 0.6) is 0 Å². The normalized spacial score (nSPS) is 21.8. The van der Waals surface area contributed by atoms with Gasteiger partial charge in [-0.1, -0.05) is 19.8 Å². The van der Waals surface area contributed by atoms with E-state index < -0.39 is 0 Å². The van der Waals surface area contributed by atoms with Gasteiger partial charge in [-0.25, -0.2) is 9.78 Å². The first-order valence-corrected chi connectivity index (χ1v) is 7.76. The van der Waals surface area contributed by atoms with E-state index in [4.69, 9.17) is 10.5 Å². The Bertz CT molecular complexity index is 490. The van der Waals surface area contributed by atoms with Crippen LogP contribution in [0.4, 0.5) is 11.5 Å². The molecule has 0 aliphatic heterocycles. The zero-order valence-electron chi connectivity index (χ0n) is 12.9. The van der Waals surface area contributed by atoms with Crippen molar-refractivity contribution < 1.29 is 9.53 Å². The summed E-state index contributed by atoms with van der Waals surface area (Å²) in [5.74, 6) is 1.62. The number of nitrogens with two attached hydrogens (primary N) is 1. The van der Waals surface area contributed by atoms with Crippen LogP contribution in [0.3, 0.4) is 0 Å². The van der Waals surface area contributed by atoms with Crippen LogP contribution >= 0.6 is 0 Å². The second-order valence-corrected chi connectivity index (χ2v) is 5.90. The van der Waals surface area contributed by atoms with Crippen LogP contribution in [0, 0.1) is 11.8 Å². The Balaban J connectivity index is 2.03. The number of hydrogen-bond donors (Lipinski definition) is 2. The van der Waals surface area contributed by atoms with E-state index in [1.54, 1.807) is 19.2 Å². The number of nitrogens with one attached hydrogen (secondary N) is 1. The first-order valence-electron chi connectivity index (χ1n) is 7.76. The third-order valence-corrected chi connectivity index (χ3v) is 4.01. The maximum Gasteiger partial charge on any atom is 0.341 e. The number of carbonyl (C=O) groups is 1. The zero-order chi connectivity index (χ0) is 15.2. The third kappa shape index (κ3) is 4.34. The first kappa shape index (κ1) is 15.6. The lowest BCUT2D eigenvalue weighted by atomic mass is 9.82. The molecule has 2 atom stereocenters. The lowest BCUT2D eigenvalue weighted by Crippen LogP contribution is -2.22. The van der Waals surface area contributed by atoms with Crippen LogP contribution < -0.4 is 11.1 Å². The maximum absolute atomic E-state index is 12.0. The van der Waals surface area contributed by atoms with Gasteiger partial charge >= 0.3 is 5.97 Å². The zero-order valence-corrected chi connectivity index (χ0v) is 12.9. The van der Waals surface area contributed by atoms with Crippen molar-refractivity contribution in [3.05, 3.63) is 17.8 Å². The molecule has 0 saturated heterocycles. The van der Waals surface area contributed by atoms with E-state index in [0.717, 1.165) is 12.5 Å². The van der Waals surface area contributed by atoms with Gasteiger partial charge in [0.05, 0.1) is 18.5 Å². The Morgan fingerprint density at radius 2 is 2.33 bits per heavy atom. The molecule has 0 radical (unpaired) electrons. The molecular weight excluding hydrogens is 266 g/mol. The molecular formula is C16H25N3O2. The van der Waals surface area contributed by atoms with Crippen LogP contribution in [-0.2, 0) is 4.74 Å². The summed E-state index contributed by atoms with van der Waals surface area (Å²) < 4.78 is 5.06. The number of anilines is 2. The van der Waals surface area contributed by atoms with Crippen molar-refractivity contribution in [3.8, 4) is 0 Å². The summed E-state index contributed by atoms with van der Waals surface area (Å²) in [5.41, 5.74) is 6.61. The highest BCUT2D eigenvalue weighted by Crippen LogP contribution is 2.29. The van der Waals surface area contributed by atoms with Crippen molar-refractivity contribution in [2.24, 2.45) is 11.8 Å². The number of esters is 1. The number of aromatic nitrogens is 1. The number of rotatable bonds is 5. The van der Waals surface area contributed by atoms with E-state index >= 15 is 0 Å². The molecule has 21 heavy (non-hydrogen) atoms. The molecule has 0 bridgehead atoms. The number of nitrogens with zero attached hydrogens (tertiary/aromatic N) is 1. The van der Waals surface area contributed by atoms with E-state index in [-0.39, 0.29) is 5.97 Å². The second-order valence-electron chi connectivity index (χ2n) is 5.90. The van der Waals surface area contributed by atoms with Gasteiger partial charge in [0.25, 0.3) is 0 Å². The van der Waals surface area contributed by atoms with Crippen molar-refractivity contribution in [3.63, 3.8) is 0 Å². The fourth-order valence-electron chi connectivity index (χ4n) is 2.97. The summed E-state index contributed by atoms with van der Waals surface area (Å²) in [6.45, 7) is 5.27. The van der Waals surface area contributed by atoms with Gasteiger partial charge in [-0.3, -0.25) is 0 Å². The van der Waals surface area contributed by atoms with Gasteiger partial charge in [-0.05, 0) is 37.7 Å². The number of pyridine rings is 1. The summed E-state index contributed by atoms with van der Waals surface area (Å²) in [4.78, 5) is 16.2. The molecule has 1 aromatic heterocycles. The number of ether oxygens (including phenoxy) is 1. The largest absolute Gasteiger partial charge is 0.462 e. The Labute approximate surface area is 126 Å². The van der Waals surface area contributed by atoms with Gasteiger partial charge in [-0.2, -0.15) is 0 Å². The maximum atomic E-state index is 12.0. The molecule has 1 aromatic rings.